The molecule has 0 saturated carbocycles. The Bertz CT molecular complexity index is 508. The summed E-state index contributed by atoms with van der Waals surface area (Å²) >= 11 is 0. The van der Waals surface area contributed by atoms with E-state index in [1.807, 2.05) is 13.1 Å². The summed E-state index contributed by atoms with van der Waals surface area (Å²) in [4.78, 5) is 18.4. The lowest BCUT2D eigenvalue weighted by molar-refractivity contribution is -0.147. The highest BCUT2D eigenvalue weighted by atomic mass is 16.5. The second-order valence-electron chi connectivity index (χ2n) is 5.62. The Hall–Kier alpha value is -1.62. The number of esters is 1. The van der Waals surface area contributed by atoms with Crippen LogP contribution in [0.4, 0.5) is 0 Å². The highest BCUT2D eigenvalue weighted by Crippen LogP contribution is 2.26. The van der Waals surface area contributed by atoms with Crippen molar-refractivity contribution in [2.45, 2.75) is 33.2 Å². The van der Waals surface area contributed by atoms with Gasteiger partial charge in [-0.3, -0.25) is 14.7 Å². The van der Waals surface area contributed by atoms with Crippen molar-refractivity contribution in [3.05, 3.63) is 23.0 Å². The maximum Gasteiger partial charge on any atom is 0.308 e. The number of aryl methyl sites for hydroxylation is 1. The minimum atomic E-state index is -0.0824. The molecule has 0 unspecified atom stereocenters. The maximum absolute atomic E-state index is 11.5. The molecule has 1 fully saturated rings. The number of likely N-dealkylation sites (tertiary alicyclic amines) is 1. The number of hydrogen-bond acceptors (Lipinski definition) is 5. The first kappa shape index (κ1) is 15.8. The monoisotopic (exact) mass is 292 g/mol. The van der Waals surface area contributed by atoms with Gasteiger partial charge in [-0.05, 0) is 39.8 Å². The Morgan fingerprint density at radius 2 is 2.00 bits per heavy atom. The minimum absolute atomic E-state index is 0.0489. The summed E-state index contributed by atoms with van der Waals surface area (Å²) in [5.41, 5.74) is 3.21. The van der Waals surface area contributed by atoms with Crippen LogP contribution in [0.3, 0.4) is 0 Å². The lowest BCUT2D eigenvalue weighted by atomic mass is 9.96. The van der Waals surface area contributed by atoms with Gasteiger partial charge in [0.2, 0.25) is 0 Å². The number of ether oxygens (including phenoxy) is 2. The summed E-state index contributed by atoms with van der Waals surface area (Å²) in [7, 11) is 3.15. The third-order valence-corrected chi connectivity index (χ3v) is 4.25. The number of carbonyl (C=O) groups excluding carboxylic acids is 1. The Balaban J connectivity index is 1.99. The van der Waals surface area contributed by atoms with E-state index in [1.54, 1.807) is 7.11 Å². The van der Waals surface area contributed by atoms with Gasteiger partial charge in [0.15, 0.2) is 0 Å². The predicted molar refractivity (Wildman–Crippen MR) is 80.3 cm³/mol. The number of aromatic nitrogens is 1. The van der Waals surface area contributed by atoms with Crippen molar-refractivity contribution in [1.82, 2.24) is 9.88 Å². The molecule has 0 aliphatic carbocycles. The third-order valence-electron chi connectivity index (χ3n) is 4.25. The SMILES string of the molecule is COC(=O)C1CCN(Cc2ncc(C)c(OC)c2C)CC1. The van der Waals surface area contributed by atoms with Crippen LogP contribution in [0.5, 0.6) is 5.75 Å². The van der Waals surface area contributed by atoms with Gasteiger partial charge in [0.25, 0.3) is 0 Å². The standard InChI is InChI=1S/C16H24N2O3/c1-11-9-17-14(12(2)15(11)20-3)10-18-7-5-13(6-8-18)16(19)21-4/h9,13H,5-8,10H2,1-4H3. The van der Waals surface area contributed by atoms with E-state index in [4.69, 9.17) is 9.47 Å². The second kappa shape index (κ2) is 6.89. The van der Waals surface area contributed by atoms with Gasteiger partial charge in [-0.15, -0.1) is 0 Å². The van der Waals surface area contributed by atoms with Gasteiger partial charge in [-0.1, -0.05) is 0 Å². The molecule has 0 aromatic carbocycles. The molecule has 0 atom stereocenters. The van der Waals surface area contributed by atoms with Crippen LogP contribution in [0.2, 0.25) is 0 Å². The summed E-state index contributed by atoms with van der Waals surface area (Å²) in [6, 6.07) is 0. The molecular weight excluding hydrogens is 268 g/mol. The molecule has 1 saturated heterocycles. The van der Waals surface area contributed by atoms with Crippen molar-refractivity contribution < 1.29 is 14.3 Å². The molecule has 2 heterocycles. The Labute approximate surface area is 126 Å². The molecule has 1 aliphatic heterocycles. The van der Waals surface area contributed by atoms with E-state index in [9.17, 15) is 4.79 Å². The molecule has 1 aromatic heterocycles. The fourth-order valence-electron chi connectivity index (χ4n) is 2.94. The van der Waals surface area contributed by atoms with Crippen molar-refractivity contribution in [1.29, 1.82) is 0 Å². The van der Waals surface area contributed by atoms with E-state index in [0.29, 0.717) is 0 Å². The zero-order chi connectivity index (χ0) is 15.4. The Kier molecular flexibility index (Phi) is 5.17. The van der Waals surface area contributed by atoms with E-state index < -0.39 is 0 Å². The summed E-state index contributed by atoms with van der Waals surface area (Å²) in [6.45, 7) is 6.66. The number of pyridine rings is 1. The quantitative estimate of drug-likeness (QED) is 0.795. The lowest BCUT2D eigenvalue weighted by Crippen LogP contribution is -2.36. The zero-order valence-corrected chi connectivity index (χ0v) is 13.3. The van der Waals surface area contributed by atoms with Gasteiger partial charge in [-0.25, -0.2) is 0 Å². The summed E-state index contributed by atoms with van der Waals surface area (Å²) < 4.78 is 10.3. The zero-order valence-electron chi connectivity index (χ0n) is 13.3. The van der Waals surface area contributed by atoms with Crippen LogP contribution < -0.4 is 4.74 Å². The Morgan fingerprint density at radius 3 is 2.57 bits per heavy atom. The molecule has 1 aliphatic rings. The first-order chi connectivity index (χ1) is 10.1. The number of piperidine rings is 1. The molecule has 1 aromatic rings. The first-order valence-corrected chi connectivity index (χ1v) is 7.36. The van der Waals surface area contributed by atoms with Gasteiger partial charge in [0.1, 0.15) is 5.75 Å². The van der Waals surface area contributed by atoms with Crippen LogP contribution in [-0.4, -0.2) is 43.2 Å². The lowest BCUT2D eigenvalue weighted by Gasteiger charge is -2.30. The molecular formula is C16H24N2O3. The smallest absolute Gasteiger partial charge is 0.308 e. The van der Waals surface area contributed by atoms with Crippen LogP contribution in [0.15, 0.2) is 6.20 Å². The van der Waals surface area contributed by atoms with E-state index in [2.05, 4.69) is 16.8 Å². The molecule has 0 radical (unpaired) electrons. The molecule has 0 spiro atoms. The number of methoxy groups -OCH3 is 2. The van der Waals surface area contributed by atoms with E-state index in [1.165, 1.54) is 7.11 Å². The van der Waals surface area contributed by atoms with Crippen LogP contribution in [0.25, 0.3) is 0 Å². The van der Waals surface area contributed by atoms with Crippen molar-refractivity contribution in [3.63, 3.8) is 0 Å². The summed E-state index contributed by atoms with van der Waals surface area (Å²) in [5.74, 6) is 0.887. The largest absolute Gasteiger partial charge is 0.496 e. The predicted octanol–water partition coefficient (Wildman–Crippen LogP) is 2.09. The summed E-state index contributed by atoms with van der Waals surface area (Å²) in [5, 5.41) is 0. The fraction of sp³-hybridized carbons (Fsp3) is 0.625. The molecule has 0 amide bonds. The van der Waals surface area contributed by atoms with E-state index in [-0.39, 0.29) is 11.9 Å². The molecule has 5 nitrogen and oxygen atoms in total. The average Bonchev–Trinajstić information content (AvgIpc) is 2.50. The molecule has 0 bridgehead atoms. The molecule has 0 N–H and O–H groups in total. The number of carbonyl (C=O) groups is 1. The van der Waals surface area contributed by atoms with Crippen molar-refractivity contribution >= 4 is 5.97 Å². The fourth-order valence-corrected chi connectivity index (χ4v) is 2.94. The van der Waals surface area contributed by atoms with E-state index in [0.717, 1.165) is 55.0 Å². The highest BCUT2D eigenvalue weighted by molar-refractivity contribution is 5.72. The number of hydrogen-bond donors (Lipinski definition) is 0. The van der Waals surface area contributed by atoms with Crippen molar-refractivity contribution in [3.8, 4) is 5.75 Å². The summed E-state index contributed by atoms with van der Waals surface area (Å²) in [6.07, 6.45) is 3.58. The van der Waals surface area contributed by atoms with Gasteiger partial charge in [0.05, 0.1) is 25.8 Å². The second-order valence-corrected chi connectivity index (χ2v) is 5.62. The van der Waals surface area contributed by atoms with Gasteiger partial charge >= 0.3 is 5.97 Å². The number of nitrogens with zero attached hydrogens (tertiary/aromatic N) is 2. The normalized spacial score (nSPS) is 16.8. The first-order valence-electron chi connectivity index (χ1n) is 7.36. The number of rotatable bonds is 4. The van der Waals surface area contributed by atoms with E-state index >= 15 is 0 Å². The minimum Gasteiger partial charge on any atom is -0.496 e. The van der Waals surface area contributed by atoms with Crippen LogP contribution in [-0.2, 0) is 16.1 Å². The van der Waals surface area contributed by atoms with Gasteiger partial charge < -0.3 is 9.47 Å². The molecule has 21 heavy (non-hydrogen) atoms. The van der Waals surface area contributed by atoms with Crippen molar-refractivity contribution in [2.75, 3.05) is 27.3 Å². The van der Waals surface area contributed by atoms with Crippen LogP contribution >= 0.6 is 0 Å². The topological polar surface area (TPSA) is 51.7 Å². The van der Waals surface area contributed by atoms with Crippen LogP contribution in [0.1, 0.15) is 29.7 Å². The third kappa shape index (κ3) is 3.53. The van der Waals surface area contributed by atoms with Gasteiger partial charge in [-0.2, -0.15) is 0 Å². The highest BCUT2D eigenvalue weighted by Gasteiger charge is 2.26. The maximum atomic E-state index is 11.5. The molecule has 2 rings (SSSR count). The molecule has 5 heteroatoms. The molecule has 116 valence electrons. The van der Waals surface area contributed by atoms with Gasteiger partial charge in [0, 0.05) is 23.9 Å². The Morgan fingerprint density at radius 1 is 1.33 bits per heavy atom. The average molecular weight is 292 g/mol. The van der Waals surface area contributed by atoms with Crippen LogP contribution in [0, 0.1) is 19.8 Å². The van der Waals surface area contributed by atoms with Crippen molar-refractivity contribution in [2.24, 2.45) is 5.92 Å².